The van der Waals surface area contributed by atoms with Gasteiger partial charge in [0.1, 0.15) is 22.9 Å². The first-order chi connectivity index (χ1) is 8.52. The van der Waals surface area contributed by atoms with E-state index in [2.05, 4.69) is 5.10 Å². The fourth-order valence-corrected chi connectivity index (χ4v) is 1.62. The molecular weight excluding hydrogens is 242 g/mol. The van der Waals surface area contributed by atoms with Crippen LogP contribution in [0.25, 0.3) is 11.3 Å². The van der Waals surface area contributed by atoms with Crippen LogP contribution in [0.1, 0.15) is 17.3 Å². The topological polar surface area (TPSA) is 55.1 Å². The summed E-state index contributed by atoms with van der Waals surface area (Å²) in [6.07, 6.45) is 1.32. The van der Waals surface area contributed by atoms with Crippen LogP contribution in [0.2, 0.25) is 0 Å². The Labute approximate surface area is 101 Å². The zero-order valence-electron chi connectivity index (χ0n) is 9.52. The number of halogens is 2. The third kappa shape index (κ3) is 2.09. The average molecular weight is 252 g/mol. The van der Waals surface area contributed by atoms with Crippen molar-refractivity contribution in [1.82, 2.24) is 9.78 Å². The van der Waals surface area contributed by atoms with E-state index in [1.165, 1.54) is 16.9 Å². The molecule has 1 aromatic carbocycles. The van der Waals surface area contributed by atoms with E-state index in [1.54, 1.807) is 6.92 Å². The summed E-state index contributed by atoms with van der Waals surface area (Å²) in [5.74, 6) is -2.75. The van der Waals surface area contributed by atoms with Gasteiger partial charge in [-0.25, -0.2) is 13.6 Å². The summed E-state index contributed by atoms with van der Waals surface area (Å²) in [4.78, 5) is 11.1. The van der Waals surface area contributed by atoms with Crippen molar-refractivity contribution in [1.29, 1.82) is 0 Å². The maximum atomic E-state index is 13.6. The first kappa shape index (κ1) is 12.2. The number of carboxylic acid groups (broad SMARTS) is 1. The molecule has 0 saturated heterocycles. The van der Waals surface area contributed by atoms with Gasteiger partial charge in [0.25, 0.3) is 0 Å². The van der Waals surface area contributed by atoms with Gasteiger partial charge in [-0.2, -0.15) is 5.10 Å². The molecule has 0 bridgehead atoms. The number of hydrogen-bond donors (Lipinski definition) is 1. The first-order valence-electron chi connectivity index (χ1n) is 5.29. The lowest BCUT2D eigenvalue weighted by molar-refractivity contribution is 0.0697. The lowest BCUT2D eigenvalue weighted by Crippen LogP contribution is -1.98. The lowest BCUT2D eigenvalue weighted by Gasteiger charge is -2.01. The summed E-state index contributed by atoms with van der Waals surface area (Å²) in [7, 11) is 0. The zero-order valence-corrected chi connectivity index (χ0v) is 9.52. The normalized spacial score (nSPS) is 10.6. The number of carbonyl (C=O) groups is 1. The molecule has 6 heteroatoms. The predicted molar refractivity (Wildman–Crippen MR) is 60.2 cm³/mol. The Balaban J connectivity index is 2.62. The Bertz CT molecular complexity index is 608. The van der Waals surface area contributed by atoms with Gasteiger partial charge < -0.3 is 5.11 Å². The maximum Gasteiger partial charge on any atom is 0.339 e. The van der Waals surface area contributed by atoms with Crippen molar-refractivity contribution in [2.75, 3.05) is 0 Å². The molecule has 0 aliphatic heterocycles. The molecular formula is C12H10F2N2O2. The number of benzene rings is 1. The second-order valence-electron chi connectivity index (χ2n) is 3.68. The van der Waals surface area contributed by atoms with E-state index in [0.717, 1.165) is 6.07 Å². The molecule has 0 amide bonds. The summed E-state index contributed by atoms with van der Waals surface area (Å²) >= 11 is 0. The number of carboxylic acids is 1. The van der Waals surface area contributed by atoms with Gasteiger partial charge in [0.2, 0.25) is 0 Å². The van der Waals surface area contributed by atoms with Crippen molar-refractivity contribution in [3.8, 4) is 11.3 Å². The van der Waals surface area contributed by atoms with Crippen LogP contribution in [0, 0.1) is 11.6 Å². The molecule has 0 saturated carbocycles. The van der Waals surface area contributed by atoms with Crippen molar-refractivity contribution < 1.29 is 18.7 Å². The zero-order chi connectivity index (χ0) is 13.3. The summed E-state index contributed by atoms with van der Waals surface area (Å²) in [5.41, 5.74) is -0.134. The molecule has 2 rings (SSSR count). The van der Waals surface area contributed by atoms with Crippen LogP contribution < -0.4 is 0 Å². The maximum absolute atomic E-state index is 13.6. The minimum absolute atomic E-state index is 0.00171. The Morgan fingerprint density at radius 3 is 2.72 bits per heavy atom. The number of nitrogens with zero attached hydrogens (tertiary/aromatic N) is 2. The number of aryl methyl sites for hydroxylation is 1. The highest BCUT2D eigenvalue weighted by Crippen LogP contribution is 2.25. The first-order valence-corrected chi connectivity index (χ1v) is 5.29. The van der Waals surface area contributed by atoms with Gasteiger partial charge >= 0.3 is 5.97 Å². The molecule has 0 spiro atoms. The van der Waals surface area contributed by atoms with Crippen molar-refractivity contribution in [2.45, 2.75) is 13.5 Å². The molecule has 0 atom stereocenters. The van der Waals surface area contributed by atoms with E-state index >= 15 is 0 Å². The standard InChI is InChI=1S/C12H10F2N2O2/c1-2-16-6-9(12(17)18)11(15-16)8-4-3-7(13)5-10(8)14/h3-6H,2H2,1H3,(H,17,18). The quantitative estimate of drug-likeness (QED) is 0.913. The van der Waals surface area contributed by atoms with E-state index < -0.39 is 17.6 Å². The number of aromatic nitrogens is 2. The van der Waals surface area contributed by atoms with Gasteiger partial charge in [-0.3, -0.25) is 4.68 Å². The van der Waals surface area contributed by atoms with E-state index in [1.807, 2.05) is 0 Å². The van der Waals surface area contributed by atoms with E-state index in [0.29, 0.717) is 12.6 Å². The van der Waals surface area contributed by atoms with Gasteiger partial charge in [-0.1, -0.05) is 0 Å². The summed E-state index contributed by atoms with van der Waals surface area (Å²) in [5, 5.41) is 13.0. The summed E-state index contributed by atoms with van der Waals surface area (Å²) in [6, 6.07) is 2.94. The van der Waals surface area contributed by atoms with Crippen LogP contribution >= 0.6 is 0 Å². The minimum Gasteiger partial charge on any atom is -0.478 e. The smallest absolute Gasteiger partial charge is 0.339 e. The minimum atomic E-state index is -1.20. The highest BCUT2D eigenvalue weighted by atomic mass is 19.1. The van der Waals surface area contributed by atoms with E-state index in [9.17, 15) is 13.6 Å². The van der Waals surface area contributed by atoms with Gasteiger partial charge in [-0.05, 0) is 19.1 Å². The Kier molecular flexibility index (Phi) is 3.10. The molecule has 1 heterocycles. The molecule has 18 heavy (non-hydrogen) atoms. The molecule has 0 fully saturated rings. The largest absolute Gasteiger partial charge is 0.478 e. The van der Waals surface area contributed by atoms with Crippen LogP contribution in [0.15, 0.2) is 24.4 Å². The summed E-state index contributed by atoms with van der Waals surface area (Å²) in [6.45, 7) is 2.24. The molecule has 94 valence electrons. The molecule has 0 aliphatic rings. The number of rotatable bonds is 3. The number of hydrogen-bond acceptors (Lipinski definition) is 2. The van der Waals surface area contributed by atoms with E-state index in [4.69, 9.17) is 5.11 Å². The van der Waals surface area contributed by atoms with Gasteiger partial charge in [-0.15, -0.1) is 0 Å². The van der Waals surface area contributed by atoms with Crippen LogP contribution in [-0.2, 0) is 6.54 Å². The van der Waals surface area contributed by atoms with Gasteiger partial charge in [0, 0.05) is 24.4 Å². The highest BCUT2D eigenvalue weighted by molar-refractivity contribution is 5.94. The number of aromatic carboxylic acids is 1. The van der Waals surface area contributed by atoms with Crippen molar-refractivity contribution >= 4 is 5.97 Å². The second kappa shape index (κ2) is 4.56. The molecule has 4 nitrogen and oxygen atoms in total. The predicted octanol–water partition coefficient (Wildman–Crippen LogP) is 2.55. The van der Waals surface area contributed by atoms with Crippen LogP contribution in [-0.4, -0.2) is 20.9 Å². The van der Waals surface area contributed by atoms with Crippen molar-refractivity contribution in [2.24, 2.45) is 0 Å². The Morgan fingerprint density at radius 1 is 1.44 bits per heavy atom. The van der Waals surface area contributed by atoms with Crippen LogP contribution in [0.4, 0.5) is 8.78 Å². The molecule has 0 radical (unpaired) electrons. The van der Waals surface area contributed by atoms with Gasteiger partial charge in [0.15, 0.2) is 0 Å². The second-order valence-corrected chi connectivity index (χ2v) is 3.68. The van der Waals surface area contributed by atoms with E-state index in [-0.39, 0.29) is 16.8 Å². The molecule has 1 aromatic heterocycles. The van der Waals surface area contributed by atoms with Crippen molar-refractivity contribution in [3.63, 3.8) is 0 Å². The average Bonchev–Trinajstić information content (AvgIpc) is 2.73. The molecule has 1 N–H and O–H groups in total. The highest BCUT2D eigenvalue weighted by Gasteiger charge is 2.19. The Hall–Kier alpha value is -2.24. The SMILES string of the molecule is CCn1cc(C(=O)O)c(-c2ccc(F)cc2F)n1. The molecule has 2 aromatic rings. The molecule has 0 unspecified atom stereocenters. The fourth-order valence-electron chi connectivity index (χ4n) is 1.62. The fraction of sp³-hybridized carbons (Fsp3) is 0.167. The van der Waals surface area contributed by atoms with Gasteiger partial charge in [0.05, 0.1) is 0 Å². The molecule has 0 aliphatic carbocycles. The Morgan fingerprint density at radius 2 is 2.17 bits per heavy atom. The monoisotopic (exact) mass is 252 g/mol. The van der Waals surface area contributed by atoms with Crippen LogP contribution in [0.5, 0.6) is 0 Å². The third-order valence-electron chi connectivity index (χ3n) is 2.50. The van der Waals surface area contributed by atoms with Crippen LogP contribution in [0.3, 0.4) is 0 Å². The lowest BCUT2D eigenvalue weighted by atomic mass is 10.1. The third-order valence-corrected chi connectivity index (χ3v) is 2.50. The summed E-state index contributed by atoms with van der Waals surface area (Å²) < 4.78 is 27.8. The van der Waals surface area contributed by atoms with Crippen molar-refractivity contribution in [3.05, 3.63) is 41.6 Å².